The number of nitrogens with one attached hydrogen (secondary N) is 1. The highest BCUT2D eigenvalue weighted by atomic mass is 32.1. The van der Waals surface area contributed by atoms with Gasteiger partial charge in [-0.05, 0) is 12.1 Å². The molecule has 2 heterocycles. The van der Waals surface area contributed by atoms with E-state index in [2.05, 4.69) is 9.97 Å². The van der Waals surface area contributed by atoms with Crippen LogP contribution >= 0.6 is 11.3 Å². The van der Waals surface area contributed by atoms with Crippen LogP contribution < -0.4 is 10.2 Å². The van der Waals surface area contributed by atoms with Crippen molar-refractivity contribution in [1.29, 1.82) is 0 Å². The Balaban J connectivity index is 2.15. The fourth-order valence-electron chi connectivity index (χ4n) is 2.02. The van der Waals surface area contributed by atoms with Gasteiger partial charge in [0.15, 0.2) is 10.4 Å². The van der Waals surface area contributed by atoms with Gasteiger partial charge in [0.1, 0.15) is 5.75 Å². The molecule has 0 spiro atoms. The molecular weight excluding hydrogens is 317 g/mol. The van der Waals surface area contributed by atoms with Crippen LogP contribution in [0.3, 0.4) is 0 Å². The summed E-state index contributed by atoms with van der Waals surface area (Å²) in [4.78, 5) is 18.5. The minimum atomic E-state index is -4.50. The van der Waals surface area contributed by atoms with Crippen molar-refractivity contribution >= 4 is 22.2 Å². The summed E-state index contributed by atoms with van der Waals surface area (Å²) in [5.41, 5.74) is 0.494. The van der Waals surface area contributed by atoms with Gasteiger partial charge in [-0.25, -0.2) is 4.98 Å². The third-order valence-corrected chi connectivity index (χ3v) is 3.95. The first-order chi connectivity index (χ1) is 10.4. The number of hydrogen-bond acceptors (Lipinski definition) is 4. The Labute approximate surface area is 126 Å². The topological polar surface area (TPSA) is 55.0 Å². The zero-order valence-corrected chi connectivity index (χ0v) is 12.0. The molecule has 0 aliphatic heterocycles. The van der Waals surface area contributed by atoms with Crippen LogP contribution in [0.15, 0.2) is 34.4 Å². The molecule has 0 aliphatic rings. The van der Waals surface area contributed by atoms with Crippen molar-refractivity contribution in [2.24, 2.45) is 0 Å². The van der Waals surface area contributed by atoms with Crippen LogP contribution in [0.5, 0.6) is 5.75 Å². The Hall–Kier alpha value is -2.35. The lowest BCUT2D eigenvalue weighted by molar-refractivity contribution is -0.137. The lowest BCUT2D eigenvalue weighted by atomic mass is 10.1. The zero-order valence-electron chi connectivity index (χ0n) is 11.2. The van der Waals surface area contributed by atoms with Gasteiger partial charge < -0.3 is 9.72 Å². The molecule has 0 saturated heterocycles. The molecule has 0 fully saturated rings. The number of alkyl halides is 3. The first-order valence-electron chi connectivity index (χ1n) is 6.12. The average molecular weight is 326 g/mol. The van der Waals surface area contributed by atoms with E-state index in [0.29, 0.717) is 28.0 Å². The largest absolute Gasteiger partial charge is 0.497 e. The van der Waals surface area contributed by atoms with E-state index in [1.807, 2.05) is 0 Å². The number of aromatic nitrogens is 2. The number of ether oxygens (including phenoxy) is 1. The molecule has 3 aromatic rings. The van der Waals surface area contributed by atoms with E-state index >= 15 is 0 Å². The molecule has 0 bridgehead atoms. The Morgan fingerprint density at radius 3 is 2.68 bits per heavy atom. The van der Waals surface area contributed by atoms with Gasteiger partial charge in [0.05, 0.1) is 24.0 Å². The van der Waals surface area contributed by atoms with Crippen molar-refractivity contribution in [1.82, 2.24) is 9.97 Å². The van der Waals surface area contributed by atoms with Crippen molar-refractivity contribution < 1.29 is 17.9 Å². The molecule has 0 saturated carbocycles. The second-order valence-corrected chi connectivity index (χ2v) is 5.35. The minimum absolute atomic E-state index is 0.0825. The zero-order chi connectivity index (χ0) is 15.9. The summed E-state index contributed by atoms with van der Waals surface area (Å²) < 4.78 is 42.9. The fourth-order valence-corrected chi connectivity index (χ4v) is 2.71. The summed E-state index contributed by atoms with van der Waals surface area (Å²) in [6, 6.07) is 6.09. The second kappa shape index (κ2) is 5.13. The summed E-state index contributed by atoms with van der Waals surface area (Å²) >= 11 is 0.487. The molecule has 1 N–H and O–H groups in total. The van der Waals surface area contributed by atoms with E-state index in [4.69, 9.17) is 4.74 Å². The number of aromatic amines is 1. The van der Waals surface area contributed by atoms with Crippen LogP contribution in [0.4, 0.5) is 13.2 Å². The van der Waals surface area contributed by atoms with Gasteiger partial charge in [-0.1, -0.05) is 0 Å². The highest BCUT2D eigenvalue weighted by molar-refractivity contribution is 7.10. The maximum Gasteiger partial charge on any atom is 0.443 e. The van der Waals surface area contributed by atoms with Crippen molar-refractivity contribution in [3.63, 3.8) is 0 Å². The third kappa shape index (κ3) is 2.57. The van der Waals surface area contributed by atoms with Crippen molar-refractivity contribution in [2.45, 2.75) is 6.18 Å². The standard InChI is InChI=1S/C14H9F3N2O2S/c1-21-7-2-3-8-9(4-7)18-10(5-12(8)20)11-6-22-13(19-11)14(15,16)17/h2-6H,1H3,(H,18,20). The number of fused-ring (bicyclic) bond motifs is 1. The fraction of sp³-hybridized carbons (Fsp3) is 0.143. The van der Waals surface area contributed by atoms with Crippen LogP contribution in [0, 0.1) is 0 Å². The molecule has 4 nitrogen and oxygen atoms in total. The van der Waals surface area contributed by atoms with Crippen LogP contribution in [0.25, 0.3) is 22.3 Å². The van der Waals surface area contributed by atoms with Gasteiger partial charge in [-0.3, -0.25) is 4.79 Å². The molecular formula is C14H9F3N2O2S. The predicted octanol–water partition coefficient (Wildman–Crippen LogP) is 3.68. The molecule has 0 atom stereocenters. The van der Waals surface area contributed by atoms with Gasteiger partial charge in [0.25, 0.3) is 0 Å². The molecule has 114 valence electrons. The molecule has 2 aromatic heterocycles. The van der Waals surface area contributed by atoms with Crippen LogP contribution in [-0.2, 0) is 6.18 Å². The molecule has 22 heavy (non-hydrogen) atoms. The molecule has 3 rings (SSSR count). The summed E-state index contributed by atoms with van der Waals surface area (Å²) in [5, 5.41) is 0.741. The van der Waals surface area contributed by atoms with Gasteiger partial charge >= 0.3 is 6.18 Å². The summed E-state index contributed by atoms with van der Waals surface area (Å²) in [5.74, 6) is 0.537. The number of methoxy groups -OCH3 is 1. The second-order valence-electron chi connectivity index (χ2n) is 4.49. The minimum Gasteiger partial charge on any atom is -0.497 e. The van der Waals surface area contributed by atoms with Crippen LogP contribution in [0.1, 0.15) is 5.01 Å². The Morgan fingerprint density at radius 2 is 2.05 bits per heavy atom. The monoisotopic (exact) mass is 326 g/mol. The number of thiazole rings is 1. The van der Waals surface area contributed by atoms with Gasteiger partial charge in [-0.15, -0.1) is 11.3 Å². The van der Waals surface area contributed by atoms with E-state index < -0.39 is 11.2 Å². The summed E-state index contributed by atoms with van der Waals surface area (Å²) in [6.07, 6.45) is -4.50. The number of pyridine rings is 1. The van der Waals surface area contributed by atoms with E-state index in [-0.39, 0.29) is 16.8 Å². The molecule has 0 unspecified atom stereocenters. The van der Waals surface area contributed by atoms with Gasteiger partial charge in [0, 0.05) is 22.9 Å². The number of hydrogen-bond donors (Lipinski definition) is 1. The maximum absolute atomic E-state index is 12.6. The van der Waals surface area contributed by atoms with E-state index in [0.717, 1.165) is 0 Å². The van der Waals surface area contributed by atoms with E-state index in [1.165, 1.54) is 18.6 Å². The lowest BCUT2D eigenvalue weighted by Crippen LogP contribution is -2.05. The number of halogens is 3. The highest BCUT2D eigenvalue weighted by Crippen LogP contribution is 2.33. The predicted molar refractivity (Wildman–Crippen MR) is 77.2 cm³/mol. The van der Waals surface area contributed by atoms with E-state index in [1.54, 1.807) is 18.2 Å². The molecule has 0 aliphatic carbocycles. The van der Waals surface area contributed by atoms with E-state index in [9.17, 15) is 18.0 Å². The Morgan fingerprint density at radius 1 is 1.27 bits per heavy atom. The first kappa shape index (κ1) is 14.6. The van der Waals surface area contributed by atoms with Gasteiger partial charge in [-0.2, -0.15) is 13.2 Å². The van der Waals surface area contributed by atoms with Crippen molar-refractivity contribution in [2.75, 3.05) is 7.11 Å². The SMILES string of the molecule is COc1ccc2c(=O)cc(-c3csc(C(F)(F)F)n3)[nH]c2c1. The van der Waals surface area contributed by atoms with Crippen LogP contribution in [0.2, 0.25) is 0 Å². The first-order valence-corrected chi connectivity index (χ1v) is 7.00. The Kier molecular flexibility index (Phi) is 3.40. The highest BCUT2D eigenvalue weighted by Gasteiger charge is 2.34. The van der Waals surface area contributed by atoms with Crippen molar-refractivity contribution in [3.05, 3.63) is 44.9 Å². The summed E-state index contributed by atoms with van der Waals surface area (Å²) in [6.45, 7) is 0. The third-order valence-electron chi connectivity index (χ3n) is 3.06. The van der Waals surface area contributed by atoms with Gasteiger partial charge in [0.2, 0.25) is 0 Å². The number of rotatable bonds is 2. The molecule has 0 radical (unpaired) electrons. The van der Waals surface area contributed by atoms with Crippen molar-refractivity contribution in [3.8, 4) is 17.1 Å². The quantitative estimate of drug-likeness (QED) is 0.781. The normalized spacial score (nSPS) is 11.8. The molecule has 8 heteroatoms. The Bertz CT molecular complexity index is 899. The smallest absolute Gasteiger partial charge is 0.443 e. The number of benzene rings is 1. The molecule has 0 amide bonds. The maximum atomic E-state index is 12.6. The molecule has 1 aromatic carbocycles. The average Bonchev–Trinajstić information content (AvgIpc) is 2.96. The number of H-pyrrole nitrogens is 1. The van der Waals surface area contributed by atoms with Crippen LogP contribution in [-0.4, -0.2) is 17.1 Å². The number of nitrogens with zero attached hydrogens (tertiary/aromatic N) is 1. The summed E-state index contributed by atoms with van der Waals surface area (Å²) in [7, 11) is 1.49. The lowest BCUT2D eigenvalue weighted by Gasteiger charge is -2.05.